The number of hydrogen-bond donors (Lipinski definition) is 1. The molecule has 5 nitrogen and oxygen atoms in total. The van der Waals surface area contributed by atoms with Gasteiger partial charge >= 0.3 is 0 Å². The van der Waals surface area contributed by atoms with Crippen molar-refractivity contribution in [2.45, 2.75) is 44.2 Å². The summed E-state index contributed by atoms with van der Waals surface area (Å²) >= 11 is 0. The molecule has 1 fully saturated rings. The van der Waals surface area contributed by atoms with Crippen molar-refractivity contribution in [3.05, 3.63) is 95.1 Å². The molecule has 1 aliphatic heterocycles. The van der Waals surface area contributed by atoms with E-state index < -0.39 is 5.72 Å². The Morgan fingerprint density at radius 2 is 1.80 bits per heavy atom. The topological polar surface area (TPSA) is 74.6 Å². The van der Waals surface area contributed by atoms with Crippen molar-refractivity contribution in [2.24, 2.45) is 22.1 Å². The average Bonchev–Trinajstić information content (AvgIpc) is 3.33. The Balaban J connectivity index is 1.35. The molecule has 3 aromatic rings. The van der Waals surface area contributed by atoms with Crippen molar-refractivity contribution in [1.29, 1.82) is 5.26 Å². The van der Waals surface area contributed by atoms with Gasteiger partial charge in [0.05, 0.1) is 11.6 Å². The Hall–Kier alpha value is -3.62. The second-order valence-corrected chi connectivity index (χ2v) is 10.4. The van der Waals surface area contributed by atoms with Crippen LogP contribution in [0.15, 0.2) is 77.8 Å². The lowest BCUT2D eigenvalue weighted by Gasteiger charge is -2.45. The van der Waals surface area contributed by atoms with Crippen LogP contribution < -0.4 is 5.73 Å². The molecule has 5 heteroatoms. The lowest BCUT2D eigenvalue weighted by molar-refractivity contribution is -0.230. The smallest absolute Gasteiger partial charge is 0.220 e. The van der Waals surface area contributed by atoms with Gasteiger partial charge in [-0.2, -0.15) is 5.26 Å². The van der Waals surface area contributed by atoms with Gasteiger partial charge in [0, 0.05) is 18.0 Å². The van der Waals surface area contributed by atoms with Crippen molar-refractivity contribution >= 4 is 5.96 Å². The highest BCUT2D eigenvalue weighted by Gasteiger charge is 2.63. The van der Waals surface area contributed by atoms with Crippen LogP contribution in [0.5, 0.6) is 0 Å². The zero-order chi connectivity index (χ0) is 24.0. The largest absolute Gasteiger partial charge is 0.368 e. The van der Waals surface area contributed by atoms with Crippen molar-refractivity contribution in [1.82, 2.24) is 5.06 Å². The summed E-state index contributed by atoms with van der Waals surface area (Å²) in [5, 5.41) is 11.0. The van der Waals surface area contributed by atoms with Crippen LogP contribution in [0.4, 0.5) is 0 Å². The normalized spacial score (nSPS) is 27.1. The van der Waals surface area contributed by atoms with Gasteiger partial charge in [0.15, 0.2) is 0 Å². The third kappa shape index (κ3) is 3.52. The predicted molar refractivity (Wildman–Crippen MR) is 137 cm³/mol. The van der Waals surface area contributed by atoms with Crippen LogP contribution in [0.2, 0.25) is 0 Å². The molecule has 1 heterocycles. The Bertz CT molecular complexity index is 1330. The van der Waals surface area contributed by atoms with Gasteiger partial charge in [-0.3, -0.25) is 0 Å². The number of guanidine groups is 1. The monoisotopic (exact) mass is 462 g/mol. The van der Waals surface area contributed by atoms with E-state index in [1.807, 2.05) is 31.3 Å². The van der Waals surface area contributed by atoms with E-state index in [4.69, 9.17) is 15.6 Å². The minimum atomic E-state index is -0.790. The van der Waals surface area contributed by atoms with Crippen LogP contribution in [0, 0.1) is 22.7 Å². The summed E-state index contributed by atoms with van der Waals surface area (Å²) in [6, 6.07) is 27.4. The van der Waals surface area contributed by atoms with E-state index >= 15 is 0 Å². The average molecular weight is 463 g/mol. The fourth-order valence-electron chi connectivity index (χ4n) is 6.48. The molecular weight excluding hydrogens is 432 g/mol. The Morgan fingerprint density at radius 3 is 2.51 bits per heavy atom. The minimum absolute atomic E-state index is 0.106. The molecule has 1 atom stereocenters. The van der Waals surface area contributed by atoms with Gasteiger partial charge in [0.25, 0.3) is 0 Å². The SMILES string of the molecule is CN1OC2(N=C1N)c1cc(-c3cccc(C#N)c3)ccc1CC21CCC(Cc2ccccc2)CC1. The van der Waals surface area contributed by atoms with E-state index in [0.29, 0.717) is 17.4 Å². The summed E-state index contributed by atoms with van der Waals surface area (Å²) in [6.45, 7) is 0. The van der Waals surface area contributed by atoms with Gasteiger partial charge < -0.3 is 5.73 Å². The van der Waals surface area contributed by atoms with Gasteiger partial charge in [-0.1, -0.05) is 54.6 Å². The molecule has 1 saturated carbocycles. The first-order chi connectivity index (χ1) is 17.0. The molecule has 0 radical (unpaired) electrons. The Morgan fingerprint density at radius 1 is 1.03 bits per heavy atom. The Kier molecular flexibility index (Phi) is 5.16. The van der Waals surface area contributed by atoms with Crippen LogP contribution in [0.3, 0.4) is 0 Å². The number of benzene rings is 3. The molecule has 2 spiro atoms. The zero-order valence-electron chi connectivity index (χ0n) is 20.1. The van der Waals surface area contributed by atoms with Crippen molar-refractivity contribution in [3.8, 4) is 17.2 Å². The molecule has 2 N–H and O–H groups in total. The molecule has 1 unspecified atom stereocenters. The minimum Gasteiger partial charge on any atom is -0.368 e. The summed E-state index contributed by atoms with van der Waals surface area (Å²) in [5.41, 5.74) is 12.0. The third-order valence-corrected chi connectivity index (χ3v) is 8.34. The maximum atomic E-state index is 9.36. The summed E-state index contributed by atoms with van der Waals surface area (Å²) in [4.78, 5) is 11.6. The van der Waals surface area contributed by atoms with Crippen LogP contribution in [0.1, 0.15) is 47.9 Å². The van der Waals surface area contributed by atoms with Gasteiger partial charge in [-0.25, -0.2) is 14.9 Å². The standard InChI is InChI=1S/C30H30N4O/c1-34-28(32)33-30(35-34)27-18-25(24-9-5-8-23(17-24)20-31)10-11-26(27)19-29(30)14-12-22(13-15-29)16-21-6-3-2-4-7-21/h2-11,17-18,22H,12-16,19H2,1H3,(H2,32,33). The van der Waals surface area contributed by atoms with E-state index in [2.05, 4.69) is 54.6 Å². The highest BCUT2D eigenvalue weighted by molar-refractivity contribution is 5.79. The number of aliphatic imine (C=N–C) groups is 1. The van der Waals surface area contributed by atoms with E-state index in [1.54, 1.807) is 5.06 Å². The maximum Gasteiger partial charge on any atom is 0.220 e. The highest BCUT2D eigenvalue weighted by Crippen LogP contribution is 2.62. The quantitative estimate of drug-likeness (QED) is 0.554. The summed E-state index contributed by atoms with van der Waals surface area (Å²) in [7, 11) is 1.85. The van der Waals surface area contributed by atoms with E-state index in [9.17, 15) is 5.26 Å². The predicted octanol–water partition coefficient (Wildman–Crippen LogP) is 5.55. The van der Waals surface area contributed by atoms with E-state index in [1.165, 1.54) is 11.1 Å². The molecular formula is C30H30N4O. The highest BCUT2D eigenvalue weighted by atomic mass is 16.7. The first-order valence-corrected chi connectivity index (χ1v) is 12.5. The molecule has 0 aromatic heterocycles. The van der Waals surface area contributed by atoms with Crippen molar-refractivity contribution in [3.63, 3.8) is 0 Å². The van der Waals surface area contributed by atoms with Gasteiger partial charge in [-0.05, 0) is 84.9 Å². The number of nitriles is 1. The summed E-state index contributed by atoms with van der Waals surface area (Å²) in [6.07, 6.45) is 6.51. The number of nitrogens with zero attached hydrogens (tertiary/aromatic N) is 3. The number of rotatable bonds is 3. The first-order valence-electron chi connectivity index (χ1n) is 12.5. The summed E-state index contributed by atoms with van der Waals surface area (Å²) < 4.78 is 0. The number of hydroxylamine groups is 2. The Labute approximate surface area is 206 Å². The fraction of sp³-hybridized carbons (Fsp3) is 0.333. The van der Waals surface area contributed by atoms with Crippen LogP contribution >= 0.6 is 0 Å². The first kappa shape index (κ1) is 21.9. The van der Waals surface area contributed by atoms with Gasteiger partial charge in [-0.15, -0.1) is 0 Å². The number of nitrogens with two attached hydrogens (primary N) is 1. The molecule has 0 bridgehead atoms. The van der Waals surface area contributed by atoms with Gasteiger partial charge in [0.2, 0.25) is 11.7 Å². The lowest BCUT2D eigenvalue weighted by Crippen LogP contribution is -2.45. The molecule has 2 aliphatic carbocycles. The van der Waals surface area contributed by atoms with Crippen molar-refractivity contribution in [2.75, 3.05) is 7.05 Å². The second kappa shape index (κ2) is 8.25. The second-order valence-electron chi connectivity index (χ2n) is 10.4. The number of fused-ring (bicyclic) bond motifs is 3. The molecule has 35 heavy (non-hydrogen) atoms. The molecule has 3 aromatic carbocycles. The van der Waals surface area contributed by atoms with Crippen LogP contribution in [0.25, 0.3) is 11.1 Å². The van der Waals surface area contributed by atoms with Crippen LogP contribution in [-0.4, -0.2) is 18.1 Å². The molecule has 6 rings (SSSR count). The molecule has 3 aliphatic rings. The summed E-state index contributed by atoms with van der Waals surface area (Å²) in [5.74, 6) is 1.11. The third-order valence-electron chi connectivity index (χ3n) is 8.34. The molecule has 0 amide bonds. The maximum absolute atomic E-state index is 9.36. The van der Waals surface area contributed by atoms with E-state index in [0.717, 1.165) is 55.2 Å². The van der Waals surface area contributed by atoms with Gasteiger partial charge in [0.1, 0.15) is 0 Å². The fourth-order valence-corrected chi connectivity index (χ4v) is 6.48. The molecule has 176 valence electrons. The number of hydrogen-bond acceptors (Lipinski definition) is 5. The van der Waals surface area contributed by atoms with Crippen LogP contribution in [-0.2, 0) is 23.4 Å². The zero-order valence-corrected chi connectivity index (χ0v) is 20.1. The van der Waals surface area contributed by atoms with E-state index in [-0.39, 0.29) is 5.41 Å². The van der Waals surface area contributed by atoms with Crippen molar-refractivity contribution < 1.29 is 4.84 Å². The lowest BCUT2D eigenvalue weighted by atomic mass is 9.64. The molecule has 0 saturated heterocycles.